The van der Waals surface area contributed by atoms with Gasteiger partial charge < -0.3 is 19.7 Å². The highest BCUT2D eigenvalue weighted by molar-refractivity contribution is 5.73. The number of nitrogens with zero attached hydrogens (tertiary/aromatic N) is 4. The summed E-state index contributed by atoms with van der Waals surface area (Å²) in [5.74, 6) is 0.910. The van der Waals surface area contributed by atoms with Crippen molar-refractivity contribution in [3.8, 4) is 5.69 Å². The zero-order chi connectivity index (χ0) is 16.1. The number of aromatic nitrogens is 4. The van der Waals surface area contributed by atoms with Crippen molar-refractivity contribution in [2.75, 3.05) is 0 Å². The summed E-state index contributed by atoms with van der Waals surface area (Å²) in [6, 6.07) is 7.49. The number of benzene rings is 1. The number of para-hydroxylation sites is 1. The highest BCUT2D eigenvalue weighted by Gasteiger charge is 2.08. The minimum atomic E-state index is -0.304. The molecule has 0 atom stereocenters. The monoisotopic (exact) mass is 312 g/mol. The summed E-state index contributed by atoms with van der Waals surface area (Å²) in [5.41, 5.74) is 1.95. The molecule has 8 nitrogen and oxygen atoms in total. The van der Waals surface area contributed by atoms with Crippen molar-refractivity contribution in [1.29, 1.82) is 0 Å². The second kappa shape index (κ2) is 6.73. The van der Waals surface area contributed by atoms with E-state index >= 15 is 0 Å². The highest BCUT2D eigenvalue weighted by Crippen LogP contribution is 2.13. The first-order chi connectivity index (χ1) is 11.2. The molecular weight excluding hydrogens is 296 g/mol. The van der Waals surface area contributed by atoms with Gasteiger partial charge in [0, 0.05) is 18.9 Å². The molecule has 0 radical (unpaired) electrons. The second-order valence-corrected chi connectivity index (χ2v) is 4.87. The SMILES string of the molecule is Cc1noc(CNC(=O)NCc2ccccc2-n2ccnc2)n1. The Hall–Kier alpha value is -3.16. The molecule has 0 aliphatic heterocycles. The van der Waals surface area contributed by atoms with Gasteiger partial charge in [0.15, 0.2) is 5.82 Å². The Kier molecular flexibility index (Phi) is 4.32. The fourth-order valence-electron chi connectivity index (χ4n) is 2.12. The Labute approximate surface area is 132 Å². The molecule has 3 rings (SSSR count). The van der Waals surface area contributed by atoms with Crippen LogP contribution < -0.4 is 10.6 Å². The van der Waals surface area contributed by atoms with Gasteiger partial charge in [0.1, 0.15) is 0 Å². The topological polar surface area (TPSA) is 97.9 Å². The first-order valence-electron chi connectivity index (χ1n) is 7.09. The van der Waals surface area contributed by atoms with Crippen LogP contribution >= 0.6 is 0 Å². The van der Waals surface area contributed by atoms with Crippen molar-refractivity contribution in [2.24, 2.45) is 0 Å². The van der Waals surface area contributed by atoms with Gasteiger partial charge in [-0.3, -0.25) is 0 Å². The van der Waals surface area contributed by atoms with Gasteiger partial charge in [-0.05, 0) is 18.6 Å². The third-order valence-electron chi connectivity index (χ3n) is 3.18. The number of carbonyl (C=O) groups excluding carboxylic acids is 1. The van der Waals surface area contributed by atoms with E-state index in [1.807, 2.05) is 35.0 Å². The summed E-state index contributed by atoms with van der Waals surface area (Å²) < 4.78 is 6.83. The standard InChI is InChI=1S/C15H16N6O2/c1-11-19-14(23-20-11)9-18-15(22)17-8-12-4-2-3-5-13(12)21-7-6-16-10-21/h2-7,10H,8-9H2,1H3,(H2,17,18,22). The number of hydrogen-bond acceptors (Lipinski definition) is 5. The van der Waals surface area contributed by atoms with E-state index in [0.717, 1.165) is 11.3 Å². The first-order valence-corrected chi connectivity index (χ1v) is 7.09. The lowest BCUT2D eigenvalue weighted by atomic mass is 10.1. The van der Waals surface area contributed by atoms with Gasteiger partial charge in [-0.1, -0.05) is 23.4 Å². The van der Waals surface area contributed by atoms with Crippen LogP contribution in [0.25, 0.3) is 5.69 Å². The number of urea groups is 1. The van der Waals surface area contributed by atoms with Crippen LogP contribution in [0.2, 0.25) is 0 Å². The molecule has 0 fully saturated rings. The zero-order valence-electron chi connectivity index (χ0n) is 12.6. The molecule has 0 saturated carbocycles. The maximum Gasteiger partial charge on any atom is 0.315 e. The summed E-state index contributed by atoms with van der Waals surface area (Å²) in [5, 5.41) is 9.14. The summed E-state index contributed by atoms with van der Waals surface area (Å²) in [6.07, 6.45) is 5.29. The van der Waals surface area contributed by atoms with Crippen LogP contribution in [0, 0.1) is 6.92 Å². The lowest BCUT2D eigenvalue weighted by molar-refractivity contribution is 0.238. The van der Waals surface area contributed by atoms with Crippen molar-refractivity contribution in [3.63, 3.8) is 0 Å². The number of rotatable bonds is 5. The second-order valence-electron chi connectivity index (χ2n) is 4.87. The Morgan fingerprint density at radius 2 is 2.09 bits per heavy atom. The van der Waals surface area contributed by atoms with E-state index in [2.05, 4.69) is 25.8 Å². The molecule has 3 aromatic rings. The van der Waals surface area contributed by atoms with Gasteiger partial charge in [0.05, 0.1) is 18.6 Å². The summed E-state index contributed by atoms with van der Waals surface area (Å²) in [4.78, 5) is 19.9. The van der Waals surface area contributed by atoms with Crippen molar-refractivity contribution >= 4 is 6.03 Å². The minimum absolute atomic E-state index is 0.190. The van der Waals surface area contributed by atoms with Gasteiger partial charge in [0.2, 0.25) is 5.89 Å². The molecule has 2 aromatic heterocycles. The van der Waals surface area contributed by atoms with Crippen LogP contribution in [0.5, 0.6) is 0 Å². The molecule has 1 aromatic carbocycles. The predicted octanol–water partition coefficient (Wildman–Crippen LogP) is 1.56. The van der Waals surface area contributed by atoms with Gasteiger partial charge in [0.25, 0.3) is 0 Å². The molecule has 0 saturated heterocycles. The third-order valence-corrected chi connectivity index (χ3v) is 3.18. The van der Waals surface area contributed by atoms with Crippen molar-refractivity contribution in [1.82, 2.24) is 30.3 Å². The van der Waals surface area contributed by atoms with Crippen LogP contribution in [0.15, 0.2) is 47.5 Å². The molecule has 0 spiro atoms. The largest absolute Gasteiger partial charge is 0.337 e. The molecule has 2 N–H and O–H groups in total. The first kappa shape index (κ1) is 14.8. The van der Waals surface area contributed by atoms with E-state index in [0.29, 0.717) is 18.3 Å². The fourth-order valence-corrected chi connectivity index (χ4v) is 2.12. The summed E-state index contributed by atoms with van der Waals surface area (Å²) in [7, 11) is 0. The van der Waals surface area contributed by atoms with Crippen LogP contribution in [0.3, 0.4) is 0 Å². The maximum atomic E-state index is 11.9. The van der Waals surface area contributed by atoms with Gasteiger partial charge in [-0.25, -0.2) is 9.78 Å². The van der Waals surface area contributed by atoms with Crippen LogP contribution in [-0.2, 0) is 13.1 Å². The quantitative estimate of drug-likeness (QED) is 0.745. The van der Waals surface area contributed by atoms with Gasteiger partial charge >= 0.3 is 6.03 Å². The average Bonchev–Trinajstić information content (AvgIpc) is 3.23. The molecule has 23 heavy (non-hydrogen) atoms. The van der Waals surface area contributed by atoms with Crippen molar-refractivity contribution in [3.05, 3.63) is 60.3 Å². The molecule has 0 bridgehead atoms. The molecule has 118 valence electrons. The lowest BCUT2D eigenvalue weighted by Crippen LogP contribution is -2.34. The van der Waals surface area contributed by atoms with E-state index in [1.54, 1.807) is 19.4 Å². The zero-order valence-corrected chi connectivity index (χ0v) is 12.6. The van der Waals surface area contributed by atoms with E-state index in [1.165, 1.54) is 0 Å². The van der Waals surface area contributed by atoms with E-state index in [9.17, 15) is 4.79 Å². The van der Waals surface area contributed by atoms with E-state index in [4.69, 9.17) is 4.52 Å². The van der Waals surface area contributed by atoms with E-state index < -0.39 is 0 Å². The molecule has 0 aliphatic carbocycles. The number of amides is 2. The fraction of sp³-hybridized carbons (Fsp3) is 0.200. The number of hydrogen-bond donors (Lipinski definition) is 2. The van der Waals surface area contributed by atoms with Crippen LogP contribution in [-0.4, -0.2) is 25.7 Å². The number of carbonyl (C=O) groups is 1. The Bertz CT molecular complexity index is 781. The van der Waals surface area contributed by atoms with Crippen LogP contribution in [0.4, 0.5) is 4.79 Å². The van der Waals surface area contributed by atoms with E-state index in [-0.39, 0.29) is 12.6 Å². The van der Waals surface area contributed by atoms with Crippen molar-refractivity contribution < 1.29 is 9.32 Å². The lowest BCUT2D eigenvalue weighted by Gasteiger charge is -2.11. The molecule has 2 amide bonds. The Morgan fingerprint density at radius 1 is 1.26 bits per heavy atom. The minimum Gasteiger partial charge on any atom is -0.337 e. The summed E-state index contributed by atoms with van der Waals surface area (Å²) >= 11 is 0. The molecule has 0 unspecified atom stereocenters. The predicted molar refractivity (Wildman–Crippen MR) is 81.7 cm³/mol. The Morgan fingerprint density at radius 3 is 2.83 bits per heavy atom. The highest BCUT2D eigenvalue weighted by atomic mass is 16.5. The third kappa shape index (κ3) is 3.73. The van der Waals surface area contributed by atoms with Crippen molar-refractivity contribution in [2.45, 2.75) is 20.0 Å². The molecule has 2 heterocycles. The maximum absolute atomic E-state index is 11.9. The number of imidazole rings is 1. The van der Waals surface area contributed by atoms with Gasteiger partial charge in [-0.15, -0.1) is 0 Å². The summed E-state index contributed by atoms with van der Waals surface area (Å²) in [6.45, 7) is 2.30. The smallest absolute Gasteiger partial charge is 0.315 e. The molecule has 8 heteroatoms. The Balaban J connectivity index is 1.57. The normalized spacial score (nSPS) is 10.5. The number of aryl methyl sites for hydroxylation is 1. The molecular formula is C15H16N6O2. The van der Waals surface area contributed by atoms with Gasteiger partial charge in [-0.2, -0.15) is 4.98 Å². The number of nitrogens with one attached hydrogen (secondary N) is 2. The van der Waals surface area contributed by atoms with Crippen LogP contribution in [0.1, 0.15) is 17.3 Å². The molecule has 0 aliphatic rings. The average molecular weight is 312 g/mol.